The number of rotatable bonds is 4. The van der Waals surface area contributed by atoms with Crippen molar-refractivity contribution in [2.24, 2.45) is 0 Å². The van der Waals surface area contributed by atoms with Crippen molar-refractivity contribution in [2.75, 3.05) is 12.8 Å². The molecule has 3 heteroatoms. The topological polar surface area (TPSA) is 44.5 Å². The van der Waals surface area contributed by atoms with Crippen LogP contribution in [-0.2, 0) is 11.3 Å². The Morgan fingerprint density at radius 1 is 1.21 bits per heavy atom. The van der Waals surface area contributed by atoms with Gasteiger partial charge in [0.15, 0.2) is 0 Å². The predicted molar refractivity (Wildman–Crippen MR) is 77.9 cm³/mol. The van der Waals surface area contributed by atoms with Crippen molar-refractivity contribution in [2.45, 2.75) is 33.3 Å². The van der Waals surface area contributed by atoms with Gasteiger partial charge >= 0.3 is 0 Å². The quantitative estimate of drug-likeness (QED) is 0.836. The standard InChI is InChI=1S/C16H21NO2/c1-11-7-8-12(2)16(9-11)19-10-13-14(17)5-4-6-15(13)18-3/h4-6,9H,7-8,10,17H2,1-3H3. The van der Waals surface area contributed by atoms with Gasteiger partial charge in [-0.15, -0.1) is 0 Å². The molecule has 0 unspecified atom stereocenters. The second-order valence-corrected chi connectivity index (χ2v) is 4.95. The summed E-state index contributed by atoms with van der Waals surface area (Å²) < 4.78 is 11.2. The van der Waals surface area contributed by atoms with E-state index in [-0.39, 0.29) is 0 Å². The maximum Gasteiger partial charge on any atom is 0.127 e. The third-order valence-corrected chi connectivity index (χ3v) is 3.45. The van der Waals surface area contributed by atoms with E-state index in [2.05, 4.69) is 19.9 Å². The zero-order chi connectivity index (χ0) is 13.8. The number of hydrogen-bond acceptors (Lipinski definition) is 3. The monoisotopic (exact) mass is 259 g/mol. The van der Waals surface area contributed by atoms with E-state index in [1.165, 1.54) is 11.1 Å². The van der Waals surface area contributed by atoms with Crippen molar-refractivity contribution in [3.63, 3.8) is 0 Å². The van der Waals surface area contributed by atoms with Crippen LogP contribution in [0, 0.1) is 0 Å². The normalized spacial score (nSPS) is 15.2. The van der Waals surface area contributed by atoms with Gasteiger partial charge < -0.3 is 15.2 Å². The fourth-order valence-electron chi connectivity index (χ4n) is 2.17. The van der Waals surface area contributed by atoms with E-state index >= 15 is 0 Å². The highest BCUT2D eigenvalue weighted by atomic mass is 16.5. The Labute approximate surface area is 114 Å². The molecule has 1 aliphatic rings. The van der Waals surface area contributed by atoms with E-state index in [1.54, 1.807) is 7.11 Å². The van der Waals surface area contributed by atoms with E-state index in [0.29, 0.717) is 12.3 Å². The van der Waals surface area contributed by atoms with Crippen LogP contribution < -0.4 is 10.5 Å². The SMILES string of the molecule is COc1cccc(N)c1COC1=C(C)CCC(C)=C1. The molecule has 0 spiro atoms. The summed E-state index contributed by atoms with van der Waals surface area (Å²) in [5.74, 6) is 1.74. The summed E-state index contributed by atoms with van der Waals surface area (Å²) in [5.41, 5.74) is 10.2. The number of nitrogen functional groups attached to an aromatic ring is 1. The second-order valence-electron chi connectivity index (χ2n) is 4.95. The molecule has 19 heavy (non-hydrogen) atoms. The molecular weight excluding hydrogens is 238 g/mol. The Bertz CT molecular complexity index is 530. The van der Waals surface area contributed by atoms with Crippen LogP contribution in [0.4, 0.5) is 5.69 Å². The summed E-state index contributed by atoms with van der Waals surface area (Å²) in [4.78, 5) is 0. The summed E-state index contributed by atoms with van der Waals surface area (Å²) in [6.07, 6.45) is 4.30. The summed E-state index contributed by atoms with van der Waals surface area (Å²) in [6, 6.07) is 5.65. The fourth-order valence-corrected chi connectivity index (χ4v) is 2.17. The summed E-state index contributed by atoms with van der Waals surface area (Å²) in [6.45, 7) is 4.68. The third kappa shape index (κ3) is 3.11. The van der Waals surface area contributed by atoms with Crippen molar-refractivity contribution >= 4 is 5.69 Å². The Kier molecular flexibility index (Phi) is 4.15. The number of allylic oxidation sites excluding steroid dienone is 3. The minimum atomic E-state index is 0.437. The van der Waals surface area contributed by atoms with E-state index in [0.717, 1.165) is 29.9 Å². The molecule has 1 aliphatic carbocycles. The van der Waals surface area contributed by atoms with Gasteiger partial charge in [-0.3, -0.25) is 0 Å². The first-order chi connectivity index (χ1) is 9.11. The van der Waals surface area contributed by atoms with Crippen molar-refractivity contribution in [3.05, 3.63) is 46.7 Å². The van der Waals surface area contributed by atoms with Gasteiger partial charge in [-0.1, -0.05) is 11.6 Å². The van der Waals surface area contributed by atoms with Crippen molar-refractivity contribution in [3.8, 4) is 5.75 Å². The number of ether oxygens (including phenoxy) is 2. The molecule has 0 radical (unpaired) electrons. The molecule has 0 saturated heterocycles. The molecule has 1 aromatic carbocycles. The molecule has 2 rings (SSSR count). The van der Waals surface area contributed by atoms with Crippen LogP contribution in [0.25, 0.3) is 0 Å². The van der Waals surface area contributed by atoms with E-state index in [1.807, 2.05) is 18.2 Å². The molecule has 3 nitrogen and oxygen atoms in total. The lowest BCUT2D eigenvalue weighted by molar-refractivity contribution is 0.202. The first-order valence-electron chi connectivity index (χ1n) is 6.53. The number of benzene rings is 1. The van der Waals surface area contributed by atoms with Crippen LogP contribution in [0.5, 0.6) is 5.75 Å². The minimum Gasteiger partial charge on any atom is -0.496 e. The Morgan fingerprint density at radius 3 is 2.74 bits per heavy atom. The van der Waals surface area contributed by atoms with Gasteiger partial charge in [-0.2, -0.15) is 0 Å². The van der Waals surface area contributed by atoms with E-state index < -0.39 is 0 Å². The van der Waals surface area contributed by atoms with Gasteiger partial charge in [0.05, 0.1) is 12.7 Å². The molecule has 0 heterocycles. The number of hydrogen-bond donors (Lipinski definition) is 1. The smallest absolute Gasteiger partial charge is 0.127 e. The molecule has 0 amide bonds. The highest BCUT2D eigenvalue weighted by molar-refractivity contribution is 5.54. The predicted octanol–water partition coefficient (Wildman–Crippen LogP) is 3.81. The van der Waals surface area contributed by atoms with Crippen LogP contribution in [0.15, 0.2) is 41.2 Å². The summed E-state index contributed by atoms with van der Waals surface area (Å²) in [5, 5.41) is 0. The lowest BCUT2D eigenvalue weighted by Crippen LogP contribution is -2.04. The maximum absolute atomic E-state index is 5.98. The first kappa shape index (κ1) is 13.5. The largest absolute Gasteiger partial charge is 0.496 e. The number of anilines is 1. The lowest BCUT2D eigenvalue weighted by Gasteiger charge is -2.18. The third-order valence-electron chi connectivity index (χ3n) is 3.45. The zero-order valence-corrected chi connectivity index (χ0v) is 11.8. The van der Waals surface area contributed by atoms with Gasteiger partial charge in [0.2, 0.25) is 0 Å². The molecule has 0 aromatic heterocycles. The van der Waals surface area contributed by atoms with E-state index in [9.17, 15) is 0 Å². The van der Waals surface area contributed by atoms with Gasteiger partial charge in [-0.05, 0) is 50.5 Å². The highest BCUT2D eigenvalue weighted by Crippen LogP contribution is 2.29. The molecule has 2 N–H and O–H groups in total. The summed E-state index contributed by atoms with van der Waals surface area (Å²) in [7, 11) is 1.65. The molecular formula is C16H21NO2. The molecule has 0 bridgehead atoms. The zero-order valence-electron chi connectivity index (χ0n) is 11.8. The molecule has 1 aromatic rings. The Morgan fingerprint density at radius 2 is 2.00 bits per heavy atom. The van der Waals surface area contributed by atoms with Crippen LogP contribution in [-0.4, -0.2) is 7.11 Å². The second kappa shape index (κ2) is 5.83. The van der Waals surface area contributed by atoms with Crippen molar-refractivity contribution < 1.29 is 9.47 Å². The van der Waals surface area contributed by atoms with Crippen molar-refractivity contribution in [1.29, 1.82) is 0 Å². The average Bonchev–Trinajstić information content (AvgIpc) is 2.40. The average molecular weight is 259 g/mol. The molecule has 0 fully saturated rings. The van der Waals surface area contributed by atoms with Crippen LogP contribution >= 0.6 is 0 Å². The molecule has 0 saturated carbocycles. The van der Waals surface area contributed by atoms with Gasteiger partial charge in [-0.25, -0.2) is 0 Å². The lowest BCUT2D eigenvalue weighted by atomic mass is 9.99. The van der Waals surface area contributed by atoms with Gasteiger partial charge in [0.1, 0.15) is 18.1 Å². The number of methoxy groups -OCH3 is 1. The van der Waals surface area contributed by atoms with E-state index in [4.69, 9.17) is 15.2 Å². The number of nitrogens with two attached hydrogens (primary N) is 1. The maximum atomic E-state index is 5.98. The Balaban J connectivity index is 2.15. The first-order valence-corrected chi connectivity index (χ1v) is 6.53. The van der Waals surface area contributed by atoms with Crippen LogP contribution in [0.2, 0.25) is 0 Å². The molecule has 102 valence electrons. The molecule has 0 atom stereocenters. The van der Waals surface area contributed by atoms with Gasteiger partial charge in [0, 0.05) is 5.69 Å². The Hall–Kier alpha value is -1.90. The molecule has 0 aliphatic heterocycles. The van der Waals surface area contributed by atoms with Crippen molar-refractivity contribution in [1.82, 2.24) is 0 Å². The fraction of sp³-hybridized carbons (Fsp3) is 0.375. The van der Waals surface area contributed by atoms with Crippen LogP contribution in [0.1, 0.15) is 32.3 Å². The van der Waals surface area contributed by atoms with Gasteiger partial charge in [0.25, 0.3) is 0 Å². The summed E-state index contributed by atoms with van der Waals surface area (Å²) >= 11 is 0. The van der Waals surface area contributed by atoms with Crippen LogP contribution in [0.3, 0.4) is 0 Å². The minimum absolute atomic E-state index is 0.437. The highest BCUT2D eigenvalue weighted by Gasteiger charge is 2.12.